The summed E-state index contributed by atoms with van der Waals surface area (Å²) in [6, 6.07) is 4.42. The van der Waals surface area contributed by atoms with Gasteiger partial charge in [-0.15, -0.1) is 5.92 Å². The summed E-state index contributed by atoms with van der Waals surface area (Å²) in [6.45, 7) is 11.5. The Labute approximate surface area is 118 Å². The van der Waals surface area contributed by atoms with Crippen LogP contribution in [0.1, 0.15) is 50.3 Å². The van der Waals surface area contributed by atoms with Crippen molar-refractivity contribution < 1.29 is 4.74 Å². The molecule has 0 aromatic heterocycles. The third-order valence-electron chi connectivity index (χ3n) is 3.15. The molecule has 0 bridgehead atoms. The quantitative estimate of drug-likeness (QED) is 0.696. The Hall–Kier alpha value is -1.42. The number of hydrogen-bond donors (Lipinski definition) is 0. The Bertz CT molecular complexity index is 463. The van der Waals surface area contributed by atoms with Gasteiger partial charge in [-0.3, -0.25) is 0 Å². The van der Waals surface area contributed by atoms with Crippen LogP contribution in [-0.2, 0) is 6.42 Å². The average molecular weight is 258 g/mol. The SMILES string of the molecule is CCC#CC(C)Cc1cc(C)c(OCCC)cc1C. The maximum atomic E-state index is 5.76. The van der Waals surface area contributed by atoms with Crippen LogP contribution in [0.15, 0.2) is 12.1 Å². The van der Waals surface area contributed by atoms with Crippen molar-refractivity contribution in [3.63, 3.8) is 0 Å². The fourth-order valence-electron chi connectivity index (χ4n) is 2.09. The molecule has 104 valence electrons. The van der Waals surface area contributed by atoms with Crippen molar-refractivity contribution in [1.82, 2.24) is 0 Å². The molecule has 1 aromatic carbocycles. The van der Waals surface area contributed by atoms with Crippen molar-refractivity contribution in [2.24, 2.45) is 5.92 Å². The Morgan fingerprint density at radius 2 is 1.89 bits per heavy atom. The van der Waals surface area contributed by atoms with Gasteiger partial charge >= 0.3 is 0 Å². The first kappa shape index (κ1) is 15.6. The van der Waals surface area contributed by atoms with Gasteiger partial charge in [0, 0.05) is 12.3 Å². The van der Waals surface area contributed by atoms with E-state index in [4.69, 9.17) is 4.74 Å². The van der Waals surface area contributed by atoms with Crippen LogP contribution in [0.3, 0.4) is 0 Å². The van der Waals surface area contributed by atoms with Gasteiger partial charge in [-0.2, -0.15) is 0 Å². The lowest BCUT2D eigenvalue weighted by Gasteiger charge is -2.14. The van der Waals surface area contributed by atoms with E-state index in [9.17, 15) is 0 Å². The second kappa shape index (κ2) is 7.89. The Morgan fingerprint density at radius 3 is 2.53 bits per heavy atom. The fourth-order valence-corrected chi connectivity index (χ4v) is 2.09. The second-order valence-electron chi connectivity index (χ2n) is 5.17. The van der Waals surface area contributed by atoms with Crippen LogP contribution < -0.4 is 4.74 Å². The predicted molar refractivity (Wildman–Crippen MR) is 82.6 cm³/mol. The summed E-state index contributed by atoms with van der Waals surface area (Å²) >= 11 is 0. The summed E-state index contributed by atoms with van der Waals surface area (Å²) in [7, 11) is 0. The molecule has 0 spiro atoms. The van der Waals surface area contributed by atoms with Crippen molar-refractivity contribution in [2.45, 2.75) is 53.9 Å². The lowest BCUT2D eigenvalue weighted by Crippen LogP contribution is -2.02. The molecule has 0 amide bonds. The third-order valence-corrected chi connectivity index (χ3v) is 3.15. The largest absolute Gasteiger partial charge is 0.493 e. The van der Waals surface area contributed by atoms with Crippen molar-refractivity contribution in [3.8, 4) is 17.6 Å². The van der Waals surface area contributed by atoms with Gasteiger partial charge in [-0.05, 0) is 49.4 Å². The Morgan fingerprint density at radius 1 is 1.16 bits per heavy atom. The molecule has 0 radical (unpaired) electrons. The van der Waals surface area contributed by atoms with Crippen molar-refractivity contribution >= 4 is 0 Å². The molecule has 0 aliphatic rings. The molecule has 1 rings (SSSR count). The number of ether oxygens (including phenoxy) is 1. The van der Waals surface area contributed by atoms with Crippen LogP contribution in [0, 0.1) is 31.6 Å². The normalized spacial score (nSPS) is 11.6. The molecule has 1 nitrogen and oxygen atoms in total. The van der Waals surface area contributed by atoms with E-state index in [-0.39, 0.29) is 0 Å². The fraction of sp³-hybridized carbons (Fsp3) is 0.556. The van der Waals surface area contributed by atoms with Crippen LogP contribution in [-0.4, -0.2) is 6.61 Å². The lowest BCUT2D eigenvalue weighted by molar-refractivity contribution is 0.315. The van der Waals surface area contributed by atoms with E-state index in [0.29, 0.717) is 5.92 Å². The Balaban J connectivity index is 2.83. The topological polar surface area (TPSA) is 9.23 Å². The first-order valence-corrected chi connectivity index (χ1v) is 7.29. The molecule has 0 aliphatic carbocycles. The molecule has 0 saturated heterocycles. The molecular formula is C18H26O. The zero-order valence-electron chi connectivity index (χ0n) is 13.0. The van der Waals surface area contributed by atoms with E-state index in [1.165, 1.54) is 16.7 Å². The maximum absolute atomic E-state index is 5.76. The molecule has 0 aliphatic heterocycles. The summed E-state index contributed by atoms with van der Waals surface area (Å²) < 4.78 is 5.76. The molecule has 0 fully saturated rings. The van der Waals surface area contributed by atoms with Gasteiger partial charge in [0.1, 0.15) is 5.75 Å². The highest BCUT2D eigenvalue weighted by molar-refractivity contribution is 5.42. The van der Waals surface area contributed by atoms with E-state index in [1.807, 2.05) is 0 Å². The van der Waals surface area contributed by atoms with Crippen LogP contribution in [0.2, 0.25) is 0 Å². The molecule has 1 aromatic rings. The van der Waals surface area contributed by atoms with E-state index < -0.39 is 0 Å². The minimum absolute atomic E-state index is 0.417. The number of aryl methyl sites for hydroxylation is 2. The van der Waals surface area contributed by atoms with Gasteiger partial charge in [0.25, 0.3) is 0 Å². The summed E-state index contributed by atoms with van der Waals surface area (Å²) in [4.78, 5) is 0. The summed E-state index contributed by atoms with van der Waals surface area (Å²) in [5.74, 6) is 7.90. The van der Waals surface area contributed by atoms with Gasteiger partial charge in [-0.1, -0.05) is 32.8 Å². The highest BCUT2D eigenvalue weighted by Crippen LogP contribution is 2.24. The molecule has 1 atom stereocenters. The lowest BCUT2D eigenvalue weighted by atomic mass is 9.95. The number of benzene rings is 1. The van der Waals surface area contributed by atoms with Gasteiger partial charge in [0.2, 0.25) is 0 Å². The Kier molecular flexibility index (Phi) is 6.50. The standard InChI is InChI=1S/C18H26O/c1-6-8-9-14(3)11-17-12-16(5)18(13-15(17)4)19-10-7-2/h12-14H,6-7,10-11H2,1-5H3. The highest BCUT2D eigenvalue weighted by atomic mass is 16.5. The van der Waals surface area contributed by atoms with E-state index in [1.54, 1.807) is 0 Å². The van der Waals surface area contributed by atoms with Gasteiger partial charge in [-0.25, -0.2) is 0 Å². The van der Waals surface area contributed by atoms with Crippen LogP contribution >= 0.6 is 0 Å². The van der Waals surface area contributed by atoms with Crippen LogP contribution in [0.25, 0.3) is 0 Å². The number of hydrogen-bond acceptors (Lipinski definition) is 1. The summed E-state index contributed by atoms with van der Waals surface area (Å²) in [6.07, 6.45) is 3.00. The minimum Gasteiger partial charge on any atom is -0.493 e. The van der Waals surface area contributed by atoms with Crippen LogP contribution in [0.5, 0.6) is 5.75 Å². The van der Waals surface area contributed by atoms with Crippen molar-refractivity contribution in [3.05, 3.63) is 28.8 Å². The summed E-state index contributed by atoms with van der Waals surface area (Å²) in [5, 5.41) is 0. The monoisotopic (exact) mass is 258 g/mol. The zero-order valence-corrected chi connectivity index (χ0v) is 13.0. The molecule has 0 heterocycles. The van der Waals surface area contributed by atoms with E-state index >= 15 is 0 Å². The second-order valence-corrected chi connectivity index (χ2v) is 5.17. The first-order chi connectivity index (χ1) is 9.08. The summed E-state index contributed by atoms with van der Waals surface area (Å²) in [5.41, 5.74) is 3.92. The molecule has 0 saturated carbocycles. The average Bonchev–Trinajstić information content (AvgIpc) is 2.38. The van der Waals surface area contributed by atoms with Gasteiger partial charge in [0.05, 0.1) is 6.61 Å². The first-order valence-electron chi connectivity index (χ1n) is 7.29. The molecule has 1 unspecified atom stereocenters. The van der Waals surface area contributed by atoms with Gasteiger partial charge < -0.3 is 4.74 Å². The molecule has 19 heavy (non-hydrogen) atoms. The highest BCUT2D eigenvalue weighted by Gasteiger charge is 2.08. The maximum Gasteiger partial charge on any atom is 0.122 e. The zero-order chi connectivity index (χ0) is 14.3. The van der Waals surface area contributed by atoms with Crippen LogP contribution in [0.4, 0.5) is 0 Å². The van der Waals surface area contributed by atoms with E-state index in [2.05, 4.69) is 58.6 Å². The number of rotatable bonds is 5. The molecular weight excluding hydrogens is 232 g/mol. The minimum atomic E-state index is 0.417. The molecule has 1 heteroatoms. The van der Waals surface area contributed by atoms with Crippen molar-refractivity contribution in [1.29, 1.82) is 0 Å². The van der Waals surface area contributed by atoms with Crippen molar-refractivity contribution in [2.75, 3.05) is 6.61 Å². The third kappa shape index (κ3) is 4.99. The predicted octanol–water partition coefficient (Wildman–Crippen LogP) is 4.68. The molecule has 0 N–H and O–H groups in total. The smallest absolute Gasteiger partial charge is 0.122 e. The van der Waals surface area contributed by atoms with E-state index in [0.717, 1.165) is 31.6 Å². The van der Waals surface area contributed by atoms with Gasteiger partial charge in [0.15, 0.2) is 0 Å².